The largest absolute Gasteiger partial charge is 0.390 e. The molecule has 0 saturated carbocycles. The summed E-state index contributed by atoms with van der Waals surface area (Å²) in [6.07, 6.45) is -0.0752. The Bertz CT molecular complexity index is 73.5. The Balaban J connectivity index is 3.47. The summed E-state index contributed by atoms with van der Waals surface area (Å²) >= 11 is 0. The van der Waals surface area contributed by atoms with Gasteiger partial charge in [0.15, 0.2) is 0 Å². The highest BCUT2D eigenvalue weighted by Gasteiger charge is 2.15. The van der Waals surface area contributed by atoms with Gasteiger partial charge in [-0.25, -0.2) is 0 Å². The van der Waals surface area contributed by atoms with Gasteiger partial charge in [-0.15, -0.1) is 0 Å². The summed E-state index contributed by atoms with van der Waals surface area (Å²) in [5.41, 5.74) is 0.0820. The average molecular weight is 131 g/mol. The third-order valence-corrected chi connectivity index (χ3v) is 0.994. The molecule has 0 aliphatic rings. The van der Waals surface area contributed by atoms with Crippen molar-refractivity contribution >= 4 is 0 Å². The van der Waals surface area contributed by atoms with E-state index in [2.05, 4.69) is 0 Å². The second kappa shape index (κ2) is 3.18. The van der Waals surface area contributed by atoms with Gasteiger partial charge in [-0.2, -0.15) is 0 Å². The first-order valence-electron chi connectivity index (χ1n) is 3.11. The van der Waals surface area contributed by atoms with E-state index in [9.17, 15) is 0 Å². The SMILES string of the molecule is CC(C)(C)CC(O)[CH]O. The van der Waals surface area contributed by atoms with Crippen LogP contribution in [0.5, 0.6) is 0 Å². The molecule has 0 aromatic carbocycles. The van der Waals surface area contributed by atoms with Crippen LogP contribution in [-0.4, -0.2) is 16.3 Å². The van der Waals surface area contributed by atoms with E-state index < -0.39 is 6.10 Å². The first-order valence-corrected chi connectivity index (χ1v) is 3.11. The normalized spacial score (nSPS) is 15.7. The molecule has 0 aromatic rings. The molecule has 0 saturated heterocycles. The molecule has 2 nitrogen and oxygen atoms in total. The lowest BCUT2D eigenvalue weighted by Crippen LogP contribution is -2.17. The van der Waals surface area contributed by atoms with Gasteiger partial charge < -0.3 is 10.2 Å². The quantitative estimate of drug-likeness (QED) is 0.593. The zero-order chi connectivity index (χ0) is 7.49. The zero-order valence-corrected chi connectivity index (χ0v) is 6.26. The summed E-state index contributed by atoms with van der Waals surface area (Å²) in [6.45, 7) is 6.87. The van der Waals surface area contributed by atoms with E-state index in [1.807, 2.05) is 20.8 Å². The summed E-state index contributed by atoms with van der Waals surface area (Å²) in [5, 5.41) is 17.2. The van der Waals surface area contributed by atoms with Crippen molar-refractivity contribution in [2.75, 3.05) is 0 Å². The van der Waals surface area contributed by atoms with E-state index in [4.69, 9.17) is 10.2 Å². The van der Waals surface area contributed by atoms with E-state index >= 15 is 0 Å². The van der Waals surface area contributed by atoms with Crippen LogP contribution in [0.2, 0.25) is 0 Å². The van der Waals surface area contributed by atoms with Gasteiger partial charge in [-0.3, -0.25) is 0 Å². The fourth-order valence-corrected chi connectivity index (χ4v) is 0.680. The maximum absolute atomic E-state index is 8.89. The molecule has 0 aromatic heterocycles. The Morgan fingerprint density at radius 3 is 2.00 bits per heavy atom. The number of hydrogen-bond donors (Lipinski definition) is 2. The van der Waals surface area contributed by atoms with Crippen LogP contribution in [0.3, 0.4) is 0 Å². The molecule has 0 fully saturated rings. The number of rotatable bonds is 2. The van der Waals surface area contributed by atoms with Gasteiger partial charge >= 0.3 is 0 Å². The van der Waals surface area contributed by atoms with Gasteiger partial charge in [0, 0.05) is 0 Å². The highest BCUT2D eigenvalue weighted by Crippen LogP contribution is 2.20. The maximum atomic E-state index is 8.89. The molecule has 0 spiro atoms. The summed E-state index contributed by atoms with van der Waals surface area (Å²) in [6, 6.07) is 0. The Labute approximate surface area is 56.5 Å². The number of aliphatic hydroxyl groups excluding tert-OH is 2. The standard InChI is InChI=1S/C7H15O2/c1-7(2,3)4-6(9)5-8/h5-6,8-9H,4H2,1-3H3. The number of hydrogen-bond acceptors (Lipinski definition) is 2. The van der Waals surface area contributed by atoms with Crippen LogP contribution in [0.1, 0.15) is 27.2 Å². The second-order valence-corrected chi connectivity index (χ2v) is 3.48. The smallest absolute Gasteiger partial charge is 0.108 e. The Hall–Kier alpha value is -0.0800. The van der Waals surface area contributed by atoms with E-state index in [0.29, 0.717) is 6.42 Å². The highest BCUT2D eigenvalue weighted by atomic mass is 16.3. The van der Waals surface area contributed by atoms with Crippen molar-refractivity contribution in [1.82, 2.24) is 0 Å². The van der Waals surface area contributed by atoms with Gasteiger partial charge in [0.25, 0.3) is 0 Å². The lowest BCUT2D eigenvalue weighted by Gasteiger charge is -2.20. The lowest BCUT2D eigenvalue weighted by molar-refractivity contribution is 0.102. The van der Waals surface area contributed by atoms with Crippen molar-refractivity contribution in [1.29, 1.82) is 0 Å². The molecule has 9 heavy (non-hydrogen) atoms. The Morgan fingerprint density at radius 1 is 1.44 bits per heavy atom. The van der Waals surface area contributed by atoms with Crippen LogP contribution in [0.4, 0.5) is 0 Å². The van der Waals surface area contributed by atoms with Crippen molar-refractivity contribution in [3.8, 4) is 0 Å². The third-order valence-electron chi connectivity index (χ3n) is 0.994. The Kier molecular flexibility index (Phi) is 3.15. The van der Waals surface area contributed by atoms with Crippen LogP contribution >= 0.6 is 0 Å². The van der Waals surface area contributed by atoms with Gasteiger partial charge in [-0.1, -0.05) is 20.8 Å². The molecule has 55 valence electrons. The topological polar surface area (TPSA) is 40.5 Å². The molecule has 0 aliphatic carbocycles. The third kappa shape index (κ3) is 5.80. The molecule has 0 rings (SSSR count). The predicted molar refractivity (Wildman–Crippen MR) is 36.3 cm³/mol. The van der Waals surface area contributed by atoms with Crippen LogP contribution < -0.4 is 0 Å². The van der Waals surface area contributed by atoms with Gasteiger partial charge in [0.2, 0.25) is 0 Å². The molecule has 0 aliphatic heterocycles. The van der Waals surface area contributed by atoms with Crippen LogP contribution in [0.25, 0.3) is 0 Å². The van der Waals surface area contributed by atoms with Crippen molar-refractivity contribution in [2.45, 2.75) is 33.3 Å². The zero-order valence-electron chi connectivity index (χ0n) is 6.26. The van der Waals surface area contributed by atoms with Crippen molar-refractivity contribution < 1.29 is 10.2 Å². The maximum Gasteiger partial charge on any atom is 0.108 e. The van der Waals surface area contributed by atoms with Crippen LogP contribution in [0.15, 0.2) is 0 Å². The van der Waals surface area contributed by atoms with E-state index in [-0.39, 0.29) is 5.41 Å². The fourth-order valence-electron chi connectivity index (χ4n) is 0.680. The van der Waals surface area contributed by atoms with E-state index in [1.54, 1.807) is 0 Å². The Morgan fingerprint density at radius 2 is 1.89 bits per heavy atom. The molecule has 1 unspecified atom stereocenters. The van der Waals surface area contributed by atoms with Crippen LogP contribution in [-0.2, 0) is 0 Å². The first kappa shape index (κ1) is 8.92. The summed E-state index contributed by atoms with van der Waals surface area (Å²) < 4.78 is 0. The van der Waals surface area contributed by atoms with Crippen molar-refractivity contribution in [3.05, 3.63) is 6.61 Å². The lowest BCUT2D eigenvalue weighted by atomic mass is 9.89. The minimum absolute atomic E-state index is 0.0820. The van der Waals surface area contributed by atoms with Crippen molar-refractivity contribution in [3.63, 3.8) is 0 Å². The molecule has 2 heteroatoms. The minimum atomic E-state index is -0.676. The fraction of sp³-hybridized carbons (Fsp3) is 0.857. The molecule has 0 bridgehead atoms. The molecule has 2 N–H and O–H groups in total. The monoisotopic (exact) mass is 131 g/mol. The van der Waals surface area contributed by atoms with Gasteiger partial charge in [-0.05, 0) is 11.8 Å². The highest BCUT2D eigenvalue weighted by molar-refractivity contribution is 4.71. The molecular formula is C7H15O2. The average Bonchev–Trinajstić information content (AvgIpc) is 1.62. The second-order valence-electron chi connectivity index (χ2n) is 3.48. The van der Waals surface area contributed by atoms with Crippen molar-refractivity contribution in [2.24, 2.45) is 5.41 Å². The molecule has 1 atom stereocenters. The first-order chi connectivity index (χ1) is 3.95. The van der Waals surface area contributed by atoms with Crippen LogP contribution in [0, 0.1) is 12.0 Å². The van der Waals surface area contributed by atoms with E-state index in [0.717, 1.165) is 6.61 Å². The van der Waals surface area contributed by atoms with E-state index in [1.165, 1.54) is 0 Å². The summed E-state index contributed by atoms with van der Waals surface area (Å²) in [4.78, 5) is 0. The van der Waals surface area contributed by atoms with Gasteiger partial charge in [0.1, 0.15) is 6.61 Å². The number of aliphatic hydroxyl groups is 2. The molecule has 0 amide bonds. The summed E-state index contributed by atoms with van der Waals surface area (Å²) in [7, 11) is 0. The molecular weight excluding hydrogens is 116 g/mol. The minimum Gasteiger partial charge on any atom is -0.390 e. The summed E-state index contributed by atoms with van der Waals surface area (Å²) in [5.74, 6) is 0. The predicted octanol–water partition coefficient (Wildman–Crippen LogP) is 1.32. The van der Waals surface area contributed by atoms with Gasteiger partial charge in [0.05, 0.1) is 6.10 Å². The molecule has 1 radical (unpaired) electrons. The molecule has 0 heterocycles.